The highest BCUT2D eigenvalue weighted by Crippen LogP contribution is 2.32. The second-order valence-corrected chi connectivity index (χ2v) is 12.5. The molecule has 0 heterocycles. The van der Waals surface area contributed by atoms with E-state index in [0.717, 1.165) is 77.2 Å². The molecule has 2 unspecified atom stereocenters. The lowest BCUT2D eigenvalue weighted by atomic mass is 9.95. The molecule has 0 saturated heterocycles. The second-order valence-electron chi connectivity index (χ2n) is 12.5. The molecule has 46 heavy (non-hydrogen) atoms. The average molecular weight is 617 g/mol. The summed E-state index contributed by atoms with van der Waals surface area (Å²) in [6.07, 6.45) is 14.8. The molecule has 2 atom stereocenters. The van der Waals surface area contributed by atoms with E-state index in [0.29, 0.717) is 17.4 Å². The maximum absolute atomic E-state index is 11.1. The van der Waals surface area contributed by atoms with E-state index in [2.05, 4.69) is 107 Å². The second kappa shape index (κ2) is 18.8. The molecule has 0 amide bonds. The van der Waals surface area contributed by atoms with Gasteiger partial charge in [-0.1, -0.05) is 127 Å². The van der Waals surface area contributed by atoms with Gasteiger partial charge in [0.1, 0.15) is 17.8 Å². The van der Waals surface area contributed by atoms with Crippen LogP contribution in [0.4, 0.5) is 0 Å². The van der Waals surface area contributed by atoms with Crippen LogP contribution in [0.3, 0.4) is 0 Å². The van der Waals surface area contributed by atoms with Crippen LogP contribution in [-0.2, 0) is 0 Å². The van der Waals surface area contributed by atoms with Gasteiger partial charge in [-0.05, 0) is 101 Å². The molecule has 3 heteroatoms. The molecule has 0 saturated carbocycles. The van der Waals surface area contributed by atoms with Crippen molar-refractivity contribution in [2.75, 3.05) is 13.2 Å². The van der Waals surface area contributed by atoms with Gasteiger partial charge >= 0.3 is 0 Å². The first-order valence-corrected chi connectivity index (χ1v) is 17.4. The van der Waals surface area contributed by atoms with Gasteiger partial charge in [0.15, 0.2) is 0 Å². The Hall–Kier alpha value is -4.11. The third-order valence-electron chi connectivity index (χ3n) is 8.93. The molecule has 242 valence electrons. The van der Waals surface area contributed by atoms with E-state index in [-0.39, 0.29) is 0 Å². The summed E-state index contributed by atoms with van der Waals surface area (Å²) in [5, 5.41) is 0. The lowest BCUT2D eigenvalue weighted by Crippen LogP contribution is -2.11. The number of benzene rings is 4. The van der Waals surface area contributed by atoms with E-state index < -0.39 is 0 Å². The Morgan fingerprint density at radius 3 is 1.37 bits per heavy atom. The molecule has 0 N–H and O–H groups in total. The van der Waals surface area contributed by atoms with Gasteiger partial charge in [-0.2, -0.15) is 0 Å². The number of hydrogen-bond donors (Lipinski definition) is 0. The Morgan fingerprint density at radius 2 is 0.957 bits per heavy atom. The fourth-order valence-corrected chi connectivity index (χ4v) is 5.67. The van der Waals surface area contributed by atoms with Crippen LogP contribution in [0.1, 0.15) is 101 Å². The summed E-state index contributed by atoms with van der Waals surface area (Å²) in [6, 6.07) is 31.4. The summed E-state index contributed by atoms with van der Waals surface area (Å²) in [5.74, 6) is 3.05. The number of unbranched alkanes of at least 4 members (excludes halogenated alkanes) is 2. The van der Waals surface area contributed by atoms with Gasteiger partial charge in [-0.3, -0.25) is 4.79 Å². The third-order valence-corrected chi connectivity index (χ3v) is 8.93. The molecular weight excluding hydrogens is 564 g/mol. The molecule has 0 aliphatic rings. The maximum atomic E-state index is 11.1. The molecule has 0 bridgehead atoms. The first kappa shape index (κ1) is 34.8. The van der Waals surface area contributed by atoms with Crippen molar-refractivity contribution in [2.24, 2.45) is 11.8 Å². The molecule has 0 aliphatic heterocycles. The van der Waals surface area contributed by atoms with Crippen LogP contribution in [0, 0.1) is 11.8 Å². The van der Waals surface area contributed by atoms with Crippen molar-refractivity contribution >= 4 is 18.4 Å². The van der Waals surface area contributed by atoms with Gasteiger partial charge in [-0.25, -0.2) is 0 Å². The summed E-state index contributed by atoms with van der Waals surface area (Å²) >= 11 is 0. The molecule has 0 fully saturated rings. The van der Waals surface area contributed by atoms with Crippen molar-refractivity contribution < 1.29 is 14.3 Å². The van der Waals surface area contributed by atoms with Crippen LogP contribution < -0.4 is 9.47 Å². The minimum absolute atomic E-state index is 0.603. The number of rotatable bonds is 19. The van der Waals surface area contributed by atoms with Gasteiger partial charge in [0, 0.05) is 5.56 Å². The lowest BCUT2D eigenvalue weighted by Gasteiger charge is -2.16. The first-order valence-electron chi connectivity index (χ1n) is 17.4. The third kappa shape index (κ3) is 10.8. The van der Waals surface area contributed by atoms with E-state index in [9.17, 15) is 4.79 Å². The van der Waals surface area contributed by atoms with Gasteiger partial charge in [0.25, 0.3) is 0 Å². The molecule has 4 aromatic carbocycles. The highest BCUT2D eigenvalue weighted by Gasteiger charge is 2.10. The molecule has 4 rings (SSSR count). The van der Waals surface area contributed by atoms with E-state index in [4.69, 9.17) is 9.47 Å². The number of hydrogen-bond acceptors (Lipinski definition) is 3. The van der Waals surface area contributed by atoms with E-state index in [1.165, 1.54) is 38.5 Å². The first-order chi connectivity index (χ1) is 22.5. The van der Waals surface area contributed by atoms with E-state index in [1.54, 1.807) is 0 Å². The van der Waals surface area contributed by atoms with Gasteiger partial charge in [-0.15, -0.1) is 0 Å². The van der Waals surface area contributed by atoms with Gasteiger partial charge < -0.3 is 9.47 Å². The molecule has 0 spiro atoms. The Labute approximate surface area is 277 Å². The Morgan fingerprint density at radius 1 is 0.522 bits per heavy atom. The number of carbonyl (C=O) groups is 1. The predicted molar refractivity (Wildman–Crippen MR) is 196 cm³/mol. The predicted octanol–water partition coefficient (Wildman–Crippen LogP) is 12.2. The SMILES string of the molecule is CCCCC(CC)COc1ccc(-c2cc(C=Cc3ccc(C=O)cc3)cc(-c3ccc(OCC(CC)CCCC)cc3)c2)cc1. The van der Waals surface area contributed by atoms with Crippen molar-refractivity contribution in [3.05, 3.63) is 108 Å². The smallest absolute Gasteiger partial charge is 0.150 e. The Kier molecular flexibility index (Phi) is 14.2. The van der Waals surface area contributed by atoms with Gasteiger partial charge in [0.2, 0.25) is 0 Å². The topological polar surface area (TPSA) is 35.5 Å². The fourth-order valence-electron chi connectivity index (χ4n) is 5.67. The van der Waals surface area contributed by atoms with Crippen molar-refractivity contribution in [1.29, 1.82) is 0 Å². The van der Waals surface area contributed by atoms with Crippen molar-refractivity contribution in [3.63, 3.8) is 0 Å². The van der Waals surface area contributed by atoms with E-state index in [1.807, 2.05) is 24.3 Å². The van der Waals surface area contributed by atoms with Crippen LogP contribution in [0.25, 0.3) is 34.4 Å². The average Bonchev–Trinajstić information content (AvgIpc) is 3.11. The zero-order chi connectivity index (χ0) is 32.6. The molecular formula is C43H52O3. The van der Waals surface area contributed by atoms with Crippen LogP contribution in [0.5, 0.6) is 11.5 Å². The van der Waals surface area contributed by atoms with Crippen LogP contribution >= 0.6 is 0 Å². The molecule has 0 aliphatic carbocycles. The minimum atomic E-state index is 0.603. The zero-order valence-electron chi connectivity index (χ0n) is 28.3. The summed E-state index contributed by atoms with van der Waals surface area (Å²) in [5.41, 5.74) is 7.43. The quantitative estimate of drug-likeness (QED) is 0.0776. The molecule has 3 nitrogen and oxygen atoms in total. The number of carbonyl (C=O) groups excluding carboxylic acids is 1. The highest BCUT2D eigenvalue weighted by molar-refractivity contribution is 5.81. The van der Waals surface area contributed by atoms with Crippen molar-refractivity contribution in [3.8, 4) is 33.8 Å². The standard InChI is InChI=1S/C43H52O3/c1-5-9-11-33(7-3)31-45-42-23-19-38(20-24-42)40-27-37(18-15-35-13-16-36(30-44)17-14-35)28-41(29-40)39-21-25-43(26-22-39)46-32-34(8-4)12-10-6-2/h13-30,33-34H,5-12,31-32H2,1-4H3. The monoisotopic (exact) mass is 616 g/mol. The molecule has 0 aromatic heterocycles. The van der Waals surface area contributed by atoms with Crippen LogP contribution in [-0.4, -0.2) is 19.5 Å². The summed E-state index contributed by atoms with van der Waals surface area (Å²) in [4.78, 5) is 11.1. The van der Waals surface area contributed by atoms with Crippen molar-refractivity contribution in [1.82, 2.24) is 0 Å². The van der Waals surface area contributed by atoms with Crippen molar-refractivity contribution in [2.45, 2.75) is 79.1 Å². The lowest BCUT2D eigenvalue weighted by molar-refractivity contribution is 0.112. The van der Waals surface area contributed by atoms with Crippen LogP contribution in [0.15, 0.2) is 91.0 Å². The Balaban J connectivity index is 1.56. The highest BCUT2D eigenvalue weighted by atomic mass is 16.5. The number of ether oxygens (including phenoxy) is 2. The molecule has 0 radical (unpaired) electrons. The number of aldehydes is 1. The minimum Gasteiger partial charge on any atom is -0.493 e. The summed E-state index contributed by atoms with van der Waals surface area (Å²) in [6.45, 7) is 10.5. The van der Waals surface area contributed by atoms with E-state index >= 15 is 0 Å². The fraction of sp³-hybridized carbons (Fsp3) is 0.372. The normalized spacial score (nSPS) is 12.6. The summed E-state index contributed by atoms with van der Waals surface area (Å²) in [7, 11) is 0. The largest absolute Gasteiger partial charge is 0.493 e. The van der Waals surface area contributed by atoms with Gasteiger partial charge in [0.05, 0.1) is 13.2 Å². The maximum Gasteiger partial charge on any atom is 0.150 e. The zero-order valence-corrected chi connectivity index (χ0v) is 28.3. The Bertz CT molecular complexity index is 1400. The van der Waals surface area contributed by atoms with Crippen LogP contribution in [0.2, 0.25) is 0 Å². The summed E-state index contributed by atoms with van der Waals surface area (Å²) < 4.78 is 12.4. The molecule has 4 aromatic rings.